The molecule has 7 nitrogen and oxygen atoms in total. The van der Waals surface area contributed by atoms with Crippen molar-refractivity contribution in [3.05, 3.63) is 72.1 Å². The van der Waals surface area contributed by atoms with Crippen LogP contribution in [0.4, 0.5) is 5.82 Å². The fraction of sp³-hybridized carbons (Fsp3) is 0.367. The summed E-state index contributed by atoms with van der Waals surface area (Å²) in [7, 11) is 0. The Hall–Kier alpha value is -3.55. The number of nitrogen functional groups attached to an aromatic ring is 1. The largest absolute Gasteiger partial charge is 0.383 e. The molecule has 0 radical (unpaired) electrons. The molecular weight excluding hydrogens is 458 g/mol. The number of allylic oxidation sites excluding steroid dienone is 2. The zero-order chi connectivity index (χ0) is 26.0. The molecule has 0 saturated heterocycles. The number of anilines is 1. The third-order valence-electron chi connectivity index (χ3n) is 6.54. The van der Waals surface area contributed by atoms with Crippen LogP contribution in [0.15, 0.2) is 60.8 Å². The molecule has 3 aromatic heterocycles. The lowest BCUT2D eigenvalue weighted by molar-refractivity contribution is 0.627. The molecule has 0 spiro atoms. The second kappa shape index (κ2) is 13.1. The maximum atomic E-state index is 6.27. The number of benzene rings is 1. The number of imidazole rings is 1. The van der Waals surface area contributed by atoms with Crippen molar-refractivity contribution in [2.75, 3.05) is 18.8 Å². The Kier molecular flexibility index (Phi) is 9.40. The number of pyridine rings is 2. The SMILES string of the molecule is CC.NCCCCNCc1ccc(-n2c(-c3cccnc3N)nc3ccc(C4=CCCCC4)nc32)cc1. The molecule has 0 atom stereocenters. The van der Waals surface area contributed by atoms with E-state index in [1.807, 2.05) is 26.0 Å². The first-order valence-corrected chi connectivity index (χ1v) is 13.5. The monoisotopic (exact) mass is 497 g/mol. The highest BCUT2D eigenvalue weighted by Gasteiger charge is 2.19. The summed E-state index contributed by atoms with van der Waals surface area (Å²) >= 11 is 0. The van der Waals surface area contributed by atoms with E-state index in [1.165, 1.54) is 24.0 Å². The molecule has 1 aliphatic carbocycles. The van der Waals surface area contributed by atoms with Crippen LogP contribution in [0.1, 0.15) is 63.6 Å². The summed E-state index contributed by atoms with van der Waals surface area (Å²) in [6.45, 7) is 6.54. The van der Waals surface area contributed by atoms with Crippen molar-refractivity contribution in [3.63, 3.8) is 0 Å². The van der Waals surface area contributed by atoms with Crippen molar-refractivity contribution < 1.29 is 0 Å². The van der Waals surface area contributed by atoms with Crippen LogP contribution in [0.3, 0.4) is 0 Å². The zero-order valence-corrected chi connectivity index (χ0v) is 22.1. The van der Waals surface area contributed by atoms with Crippen molar-refractivity contribution in [1.29, 1.82) is 0 Å². The first kappa shape index (κ1) is 26.5. The van der Waals surface area contributed by atoms with Crippen LogP contribution in [0.2, 0.25) is 0 Å². The molecule has 194 valence electrons. The van der Waals surface area contributed by atoms with E-state index >= 15 is 0 Å². The van der Waals surface area contributed by atoms with E-state index in [4.69, 9.17) is 21.4 Å². The number of rotatable bonds is 9. The second-order valence-corrected chi connectivity index (χ2v) is 9.06. The van der Waals surface area contributed by atoms with Gasteiger partial charge in [0, 0.05) is 18.4 Å². The van der Waals surface area contributed by atoms with Crippen molar-refractivity contribution in [1.82, 2.24) is 24.8 Å². The Balaban J connectivity index is 0.00000156. The number of nitrogens with one attached hydrogen (secondary N) is 1. The van der Waals surface area contributed by atoms with Crippen LogP contribution >= 0.6 is 0 Å². The Morgan fingerprint density at radius 3 is 2.54 bits per heavy atom. The van der Waals surface area contributed by atoms with Gasteiger partial charge in [0.25, 0.3) is 0 Å². The standard InChI is InChI=1S/C28H33N7.C2H6/c29-16-4-5-17-31-19-20-10-12-22(13-11-20)35-27(23-9-6-18-32-26(23)30)34-25-15-14-24(33-28(25)35)21-7-2-1-3-8-21;1-2/h6-7,9-15,18,31H,1-5,8,16-17,19,29H2,(H2,30,32);1-2H3. The van der Waals surface area contributed by atoms with Gasteiger partial charge < -0.3 is 16.8 Å². The van der Waals surface area contributed by atoms with Gasteiger partial charge >= 0.3 is 0 Å². The van der Waals surface area contributed by atoms with Gasteiger partial charge in [-0.15, -0.1) is 0 Å². The zero-order valence-electron chi connectivity index (χ0n) is 22.1. The highest BCUT2D eigenvalue weighted by molar-refractivity contribution is 5.84. The minimum atomic E-state index is 0.456. The van der Waals surface area contributed by atoms with E-state index in [1.54, 1.807) is 6.20 Å². The maximum absolute atomic E-state index is 6.27. The van der Waals surface area contributed by atoms with Gasteiger partial charge in [0.2, 0.25) is 0 Å². The summed E-state index contributed by atoms with van der Waals surface area (Å²) in [6.07, 6.45) is 10.8. The Labute approximate surface area is 220 Å². The molecule has 0 bridgehead atoms. The Bertz CT molecular complexity index is 1320. The van der Waals surface area contributed by atoms with Gasteiger partial charge in [-0.25, -0.2) is 15.0 Å². The van der Waals surface area contributed by atoms with Gasteiger partial charge in [0.05, 0.1) is 11.3 Å². The fourth-order valence-corrected chi connectivity index (χ4v) is 4.63. The van der Waals surface area contributed by atoms with Crippen LogP contribution in [-0.4, -0.2) is 32.6 Å². The maximum Gasteiger partial charge on any atom is 0.165 e. The van der Waals surface area contributed by atoms with E-state index < -0.39 is 0 Å². The molecule has 0 amide bonds. The lowest BCUT2D eigenvalue weighted by Gasteiger charge is -2.14. The topological polar surface area (TPSA) is 108 Å². The minimum absolute atomic E-state index is 0.456. The lowest BCUT2D eigenvalue weighted by Crippen LogP contribution is -2.15. The number of unbranched alkanes of at least 4 members (excludes halogenated alkanes) is 1. The predicted molar refractivity (Wildman–Crippen MR) is 154 cm³/mol. The average molecular weight is 498 g/mol. The third-order valence-corrected chi connectivity index (χ3v) is 6.54. The fourth-order valence-electron chi connectivity index (χ4n) is 4.63. The summed E-state index contributed by atoms with van der Waals surface area (Å²) in [6, 6.07) is 16.6. The number of nitrogens with zero attached hydrogens (tertiary/aromatic N) is 4. The van der Waals surface area contributed by atoms with Crippen molar-refractivity contribution in [3.8, 4) is 17.1 Å². The van der Waals surface area contributed by atoms with Gasteiger partial charge in [-0.05, 0) is 99.1 Å². The summed E-state index contributed by atoms with van der Waals surface area (Å²) < 4.78 is 2.11. The molecule has 37 heavy (non-hydrogen) atoms. The Morgan fingerprint density at radius 1 is 0.973 bits per heavy atom. The first-order valence-electron chi connectivity index (χ1n) is 13.5. The number of fused-ring (bicyclic) bond motifs is 1. The average Bonchev–Trinajstić information content (AvgIpc) is 3.33. The number of nitrogens with two attached hydrogens (primary N) is 2. The van der Waals surface area contributed by atoms with Crippen molar-refractivity contribution >= 4 is 22.6 Å². The molecular formula is C30H39N7. The van der Waals surface area contributed by atoms with Gasteiger partial charge in [-0.1, -0.05) is 32.1 Å². The molecule has 0 fully saturated rings. The highest BCUT2D eigenvalue weighted by Crippen LogP contribution is 2.32. The van der Waals surface area contributed by atoms with Crippen LogP contribution in [-0.2, 0) is 6.54 Å². The number of hydrogen-bond donors (Lipinski definition) is 3. The number of aromatic nitrogens is 4. The summed E-state index contributed by atoms with van der Waals surface area (Å²) in [5, 5.41) is 3.49. The van der Waals surface area contributed by atoms with E-state index in [0.29, 0.717) is 5.82 Å². The van der Waals surface area contributed by atoms with Gasteiger partial charge in [-0.3, -0.25) is 4.57 Å². The lowest BCUT2D eigenvalue weighted by atomic mass is 9.97. The summed E-state index contributed by atoms with van der Waals surface area (Å²) in [4.78, 5) is 14.3. The minimum Gasteiger partial charge on any atom is -0.383 e. The van der Waals surface area contributed by atoms with E-state index in [2.05, 4.69) is 57.3 Å². The normalized spacial score (nSPS) is 13.2. The second-order valence-electron chi connectivity index (χ2n) is 9.06. The van der Waals surface area contributed by atoms with Gasteiger partial charge in [-0.2, -0.15) is 0 Å². The van der Waals surface area contributed by atoms with Crippen LogP contribution in [0.5, 0.6) is 0 Å². The van der Waals surface area contributed by atoms with E-state index in [0.717, 1.165) is 79.3 Å². The molecule has 1 aliphatic rings. The quantitative estimate of drug-likeness (QED) is 0.249. The molecule has 0 aliphatic heterocycles. The molecule has 5 rings (SSSR count). The molecule has 5 N–H and O–H groups in total. The first-order chi connectivity index (χ1) is 18.2. The van der Waals surface area contributed by atoms with Crippen LogP contribution in [0, 0.1) is 0 Å². The van der Waals surface area contributed by atoms with Crippen LogP contribution in [0.25, 0.3) is 33.8 Å². The molecule has 3 heterocycles. The van der Waals surface area contributed by atoms with Crippen LogP contribution < -0.4 is 16.8 Å². The molecule has 0 unspecified atom stereocenters. The third kappa shape index (κ3) is 6.24. The van der Waals surface area contributed by atoms with Crippen molar-refractivity contribution in [2.45, 2.75) is 58.9 Å². The molecule has 1 aromatic carbocycles. The van der Waals surface area contributed by atoms with E-state index in [-0.39, 0.29) is 0 Å². The van der Waals surface area contributed by atoms with Crippen molar-refractivity contribution in [2.24, 2.45) is 5.73 Å². The molecule has 7 heteroatoms. The number of hydrogen-bond acceptors (Lipinski definition) is 6. The molecule has 0 saturated carbocycles. The molecule has 4 aromatic rings. The van der Waals surface area contributed by atoms with Gasteiger partial charge in [0.15, 0.2) is 11.5 Å². The van der Waals surface area contributed by atoms with E-state index in [9.17, 15) is 0 Å². The smallest absolute Gasteiger partial charge is 0.165 e. The summed E-state index contributed by atoms with van der Waals surface area (Å²) in [5.74, 6) is 1.21. The highest BCUT2D eigenvalue weighted by atomic mass is 15.1. The Morgan fingerprint density at radius 2 is 1.81 bits per heavy atom. The van der Waals surface area contributed by atoms with Gasteiger partial charge in [0.1, 0.15) is 11.3 Å². The summed E-state index contributed by atoms with van der Waals surface area (Å²) in [5.41, 5.74) is 18.9. The predicted octanol–water partition coefficient (Wildman–Crippen LogP) is 5.88.